The maximum atomic E-state index is 12.7. The maximum absolute atomic E-state index is 12.7. The number of nitrogens with two attached hydrogens (primary N) is 1. The van der Waals surface area contributed by atoms with Gasteiger partial charge in [0.1, 0.15) is 0 Å². The van der Waals surface area contributed by atoms with E-state index in [4.69, 9.17) is 10.2 Å². The SMILES string of the molecule is Cc1nc(C)c(C(=O)Nc2nc(-c3ccc4c(c3)CCC(=O)N4Cc3cccc(N)c3)cs2)o1. The second-order valence-corrected chi connectivity index (χ2v) is 9.07. The molecule has 5 rings (SSSR count). The van der Waals surface area contributed by atoms with Gasteiger partial charge in [-0.15, -0.1) is 11.3 Å². The summed E-state index contributed by atoms with van der Waals surface area (Å²) in [7, 11) is 0. The molecule has 2 aromatic heterocycles. The lowest BCUT2D eigenvalue weighted by Crippen LogP contribution is -2.34. The van der Waals surface area contributed by atoms with Crippen LogP contribution in [0.25, 0.3) is 11.3 Å². The van der Waals surface area contributed by atoms with E-state index in [0.717, 1.165) is 28.1 Å². The van der Waals surface area contributed by atoms with Crippen molar-refractivity contribution in [3.05, 3.63) is 76.3 Å². The smallest absolute Gasteiger partial charge is 0.295 e. The van der Waals surface area contributed by atoms with Gasteiger partial charge in [0.05, 0.1) is 17.9 Å². The van der Waals surface area contributed by atoms with Crippen LogP contribution in [-0.4, -0.2) is 21.8 Å². The van der Waals surface area contributed by atoms with Crippen molar-refractivity contribution in [1.29, 1.82) is 0 Å². The molecule has 4 aromatic rings. The zero-order valence-electron chi connectivity index (χ0n) is 18.8. The molecule has 2 aromatic carbocycles. The normalized spacial score (nSPS) is 13.1. The number of oxazole rings is 1. The van der Waals surface area contributed by atoms with Crippen LogP contribution in [-0.2, 0) is 17.8 Å². The number of benzene rings is 2. The number of aryl methyl sites for hydroxylation is 3. The van der Waals surface area contributed by atoms with Crippen molar-refractivity contribution < 1.29 is 14.0 Å². The Balaban J connectivity index is 1.36. The summed E-state index contributed by atoms with van der Waals surface area (Å²) in [6.07, 6.45) is 1.13. The predicted molar refractivity (Wildman–Crippen MR) is 132 cm³/mol. The third kappa shape index (κ3) is 4.29. The number of hydrogen-bond acceptors (Lipinski definition) is 7. The van der Waals surface area contributed by atoms with Crippen LogP contribution in [0.4, 0.5) is 16.5 Å². The van der Waals surface area contributed by atoms with E-state index < -0.39 is 0 Å². The van der Waals surface area contributed by atoms with E-state index in [2.05, 4.69) is 21.4 Å². The van der Waals surface area contributed by atoms with Crippen molar-refractivity contribution in [1.82, 2.24) is 9.97 Å². The largest absolute Gasteiger partial charge is 0.436 e. The van der Waals surface area contributed by atoms with Crippen molar-refractivity contribution in [2.24, 2.45) is 0 Å². The first-order chi connectivity index (χ1) is 16.4. The molecule has 34 heavy (non-hydrogen) atoms. The van der Waals surface area contributed by atoms with Gasteiger partial charge in [-0.3, -0.25) is 14.9 Å². The average Bonchev–Trinajstić information content (AvgIpc) is 3.41. The summed E-state index contributed by atoms with van der Waals surface area (Å²) in [5.41, 5.74) is 11.8. The molecule has 9 heteroatoms. The number of rotatable bonds is 5. The van der Waals surface area contributed by atoms with Crippen molar-refractivity contribution in [2.45, 2.75) is 33.2 Å². The molecule has 8 nitrogen and oxygen atoms in total. The van der Waals surface area contributed by atoms with Crippen LogP contribution in [0.15, 0.2) is 52.3 Å². The van der Waals surface area contributed by atoms with Crippen molar-refractivity contribution >= 4 is 39.7 Å². The first-order valence-electron chi connectivity index (χ1n) is 10.9. The van der Waals surface area contributed by atoms with Crippen LogP contribution >= 0.6 is 11.3 Å². The van der Waals surface area contributed by atoms with Crippen molar-refractivity contribution in [2.75, 3.05) is 16.0 Å². The van der Waals surface area contributed by atoms with Gasteiger partial charge < -0.3 is 15.1 Å². The molecule has 2 amide bonds. The molecule has 0 radical (unpaired) electrons. The Labute approximate surface area is 200 Å². The lowest BCUT2D eigenvalue weighted by atomic mass is 9.97. The van der Waals surface area contributed by atoms with Gasteiger partial charge in [-0.25, -0.2) is 9.97 Å². The van der Waals surface area contributed by atoms with Crippen LogP contribution in [0.5, 0.6) is 0 Å². The Morgan fingerprint density at radius 2 is 2.03 bits per heavy atom. The number of nitrogens with one attached hydrogen (secondary N) is 1. The zero-order chi connectivity index (χ0) is 23.8. The molecule has 0 atom stereocenters. The Kier molecular flexibility index (Phi) is 5.62. The third-order valence-corrected chi connectivity index (χ3v) is 6.46. The molecular formula is C25H23N5O3S. The Morgan fingerprint density at radius 1 is 1.18 bits per heavy atom. The van der Waals surface area contributed by atoms with Gasteiger partial charge >= 0.3 is 0 Å². The molecule has 0 aliphatic carbocycles. The van der Waals surface area contributed by atoms with Crippen LogP contribution < -0.4 is 16.0 Å². The van der Waals surface area contributed by atoms with Crippen LogP contribution in [0.3, 0.4) is 0 Å². The van der Waals surface area contributed by atoms with Gasteiger partial charge in [0.25, 0.3) is 5.91 Å². The van der Waals surface area contributed by atoms with E-state index in [9.17, 15) is 9.59 Å². The molecular weight excluding hydrogens is 450 g/mol. The van der Waals surface area contributed by atoms with Gasteiger partial charge in [-0.1, -0.05) is 18.2 Å². The quantitative estimate of drug-likeness (QED) is 0.405. The fraction of sp³-hybridized carbons (Fsp3) is 0.200. The Hall–Kier alpha value is -3.98. The molecule has 0 saturated carbocycles. The number of carbonyl (C=O) groups is 2. The maximum Gasteiger partial charge on any atom is 0.295 e. The number of aromatic nitrogens is 2. The van der Waals surface area contributed by atoms with Crippen LogP contribution in [0, 0.1) is 13.8 Å². The Morgan fingerprint density at radius 3 is 2.79 bits per heavy atom. The highest BCUT2D eigenvalue weighted by atomic mass is 32.1. The van der Waals surface area contributed by atoms with Crippen molar-refractivity contribution in [3.8, 4) is 11.3 Å². The fourth-order valence-electron chi connectivity index (χ4n) is 4.13. The van der Waals surface area contributed by atoms with E-state index in [1.807, 2.05) is 46.7 Å². The second-order valence-electron chi connectivity index (χ2n) is 8.21. The highest BCUT2D eigenvalue weighted by molar-refractivity contribution is 7.14. The summed E-state index contributed by atoms with van der Waals surface area (Å²) in [4.78, 5) is 35.7. The lowest BCUT2D eigenvalue weighted by Gasteiger charge is -2.30. The second kappa shape index (κ2) is 8.75. The molecule has 3 heterocycles. The van der Waals surface area contributed by atoms with Gasteiger partial charge in [0.2, 0.25) is 11.7 Å². The minimum atomic E-state index is -0.375. The number of fused-ring (bicyclic) bond motifs is 1. The summed E-state index contributed by atoms with van der Waals surface area (Å²) in [5.74, 6) is 0.354. The fourth-order valence-corrected chi connectivity index (χ4v) is 4.84. The highest BCUT2D eigenvalue weighted by Crippen LogP contribution is 2.34. The number of carbonyl (C=O) groups excluding carboxylic acids is 2. The monoisotopic (exact) mass is 473 g/mol. The molecule has 3 N–H and O–H groups in total. The molecule has 1 aliphatic rings. The first kappa shape index (κ1) is 21.8. The zero-order valence-corrected chi connectivity index (χ0v) is 19.6. The topological polar surface area (TPSA) is 114 Å². The van der Waals surface area contributed by atoms with Gasteiger partial charge in [-0.05, 0) is 48.7 Å². The minimum absolute atomic E-state index is 0.0966. The molecule has 172 valence electrons. The van der Waals surface area contributed by atoms with Gasteiger partial charge in [0.15, 0.2) is 11.0 Å². The van der Waals surface area contributed by atoms with E-state index in [-0.39, 0.29) is 17.6 Å². The number of amides is 2. The predicted octanol–water partition coefficient (Wildman–Crippen LogP) is 4.73. The molecule has 0 bridgehead atoms. The standard InChI is InChI=1S/C25H23N5O3S/c1-14-23(33-15(2)27-14)24(32)29-25-28-20(13-34-25)17-6-8-21-18(11-17)7-9-22(31)30(21)12-16-4-3-5-19(26)10-16/h3-6,8,10-11,13H,7,9,12,26H2,1-2H3,(H,28,29,32). The van der Waals surface area contributed by atoms with E-state index in [1.165, 1.54) is 11.3 Å². The number of anilines is 3. The summed E-state index contributed by atoms with van der Waals surface area (Å²) in [5, 5.41) is 5.15. The van der Waals surface area contributed by atoms with Crippen molar-refractivity contribution in [3.63, 3.8) is 0 Å². The molecule has 0 saturated heterocycles. The summed E-state index contributed by atoms with van der Waals surface area (Å²) in [6, 6.07) is 13.6. The molecule has 0 spiro atoms. The van der Waals surface area contributed by atoms with Gasteiger partial charge in [-0.2, -0.15) is 0 Å². The Bertz CT molecular complexity index is 1410. The summed E-state index contributed by atoms with van der Waals surface area (Å²) < 4.78 is 5.38. The van der Waals surface area contributed by atoms with E-state index in [0.29, 0.717) is 41.8 Å². The summed E-state index contributed by atoms with van der Waals surface area (Å²) in [6.45, 7) is 3.90. The van der Waals surface area contributed by atoms with E-state index in [1.54, 1.807) is 13.8 Å². The van der Waals surface area contributed by atoms with E-state index >= 15 is 0 Å². The number of nitrogens with zero attached hydrogens (tertiary/aromatic N) is 3. The van der Waals surface area contributed by atoms with Crippen LogP contribution in [0.1, 0.15) is 39.7 Å². The lowest BCUT2D eigenvalue weighted by molar-refractivity contribution is -0.119. The first-order valence-corrected chi connectivity index (χ1v) is 11.7. The molecule has 1 aliphatic heterocycles. The number of nitrogen functional groups attached to an aromatic ring is 1. The third-order valence-electron chi connectivity index (χ3n) is 5.70. The number of hydrogen-bond donors (Lipinski definition) is 2. The number of thiazole rings is 1. The molecule has 0 unspecified atom stereocenters. The highest BCUT2D eigenvalue weighted by Gasteiger charge is 2.25. The average molecular weight is 474 g/mol. The molecule has 0 fully saturated rings. The van der Waals surface area contributed by atoms with Gasteiger partial charge in [0, 0.05) is 35.7 Å². The van der Waals surface area contributed by atoms with Crippen LogP contribution in [0.2, 0.25) is 0 Å². The summed E-state index contributed by atoms with van der Waals surface area (Å²) >= 11 is 1.34. The minimum Gasteiger partial charge on any atom is -0.436 e.